The van der Waals surface area contributed by atoms with Crippen LogP contribution in [0.3, 0.4) is 0 Å². The summed E-state index contributed by atoms with van der Waals surface area (Å²) in [6.45, 7) is 10.3. The third kappa shape index (κ3) is 6.80. The van der Waals surface area contributed by atoms with Crippen molar-refractivity contribution in [2.45, 2.75) is 72.7 Å². The second-order valence-corrected chi connectivity index (χ2v) is 9.40. The van der Waals surface area contributed by atoms with Crippen LogP contribution in [-0.4, -0.2) is 54.7 Å². The van der Waals surface area contributed by atoms with Crippen molar-refractivity contribution < 1.29 is 19.4 Å². The Kier molecular flexibility index (Phi) is 9.91. The molecule has 2 atom stereocenters. The Labute approximate surface area is 218 Å². The number of carbonyl (C=O) groups is 2. The third-order valence-corrected chi connectivity index (χ3v) is 6.32. The van der Waals surface area contributed by atoms with Gasteiger partial charge in [-0.05, 0) is 53.3 Å². The maximum atomic E-state index is 13.0. The summed E-state index contributed by atoms with van der Waals surface area (Å²) in [6, 6.07) is 14.8. The van der Waals surface area contributed by atoms with Crippen LogP contribution >= 0.6 is 0 Å². The molecule has 1 N–H and O–H groups in total. The zero-order valence-corrected chi connectivity index (χ0v) is 22.3. The highest BCUT2D eigenvalue weighted by atomic mass is 16.5. The van der Waals surface area contributed by atoms with E-state index in [0.29, 0.717) is 18.9 Å². The van der Waals surface area contributed by atoms with E-state index in [4.69, 9.17) is 4.74 Å². The van der Waals surface area contributed by atoms with Gasteiger partial charge in [-0.1, -0.05) is 75.7 Å². The lowest BCUT2D eigenvalue weighted by molar-refractivity contribution is -0.153. The van der Waals surface area contributed by atoms with Crippen molar-refractivity contribution in [2.75, 3.05) is 6.61 Å². The van der Waals surface area contributed by atoms with E-state index in [1.807, 2.05) is 83.1 Å². The average molecular weight is 508 g/mol. The van der Waals surface area contributed by atoms with Crippen LogP contribution in [0.15, 0.2) is 48.5 Å². The lowest BCUT2D eigenvalue weighted by Crippen LogP contribution is -2.47. The largest absolute Gasteiger partial charge is 0.480 e. The molecule has 0 fully saturated rings. The molecule has 1 aromatic heterocycles. The fourth-order valence-electron chi connectivity index (χ4n) is 4.44. The summed E-state index contributed by atoms with van der Waals surface area (Å²) in [5.74, 6) is -0.717. The van der Waals surface area contributed by atoms with E-state index in [2.05, 4.69) is 15.5 Å². The fourth-order valence-corrected chi connectivity index (χ4v) is 4.44. The molecule has 0 saturated carbocycles. The number of hydrogen-bond donors (Lipinski definition) is 1. The first-order chi connectivity index (χ1) is 17.8. The van der Waals surface area contributed by atoms with E-state index in [9.17, 15) is 14.7 Å². The quantitative estimate of drug-likeness (QED) is 0.339. The van der Waals surface area contributed by atoms with Crippen LogP contribution in [0.4, 0.5) is 0 Å². The van der Waals surface area contributed by atoms with E-state index >= 15 is 0 Å². The van der Waals surface area contributed by atoms with E-state index in [-0.39, 0.29) is 24.6 Å². The van der Waals surface area contributed by atoms with Gasteiger partial charge in [0.1, 0.15) is 6.04 Å². The van der Waals surface area contributed by atoms with Crippen molar-refractivity contribution in [1.29, 1.82) is 0 Å². The molecule has 37 heavy (non-hydrogen) atoms. The number of carboxylic acids is 1. The Morgan fingerprint density at radius 1 is 1.03 bits per heavy atom. The number of tetrazole rings is 1. The fraction of sp³-hybridized carbons (Fsp3) is 0.464. The lowest BCUT2D eigenvalue weighted by atomic mass is 9.97. The molecule has 0 bridgehead atoms. The maximum absolute atomic E-state index is 13.0. The zero-order valence-electron chi connectivity index (χ0n) is 22.3. The first kappa shape index (κ1) is 28.0. The smallest absolute Gasteiger partial charge is 0.326 e. The number of ether oxygens (including phenoxy) is 1. The molecule has 198 valence electrons. The summed E-state index contributed by atoms with van der Waals surface area (Å²) >= 11 is 0. The van der Waals surface area contributed by atoms with Gasteiger partial charge >= 0.3 is 5.97 Å². The Morgan fingerprint density at radius 2 is 1.70 bits per heavy atom. The Balaban J connectivity index is 1.91. The number of hydrogen-bond acceptors (Lipinski definition) is 6. The van der Waals surface area contributed by atoms with Gasteiger partial charge in [0.05, 0.1) is 0 Å². The normalized spacial score (nSPS) is 12.9. The molecular weight excluding hydrogens is 470 g/mol. The standard InChI is InChI=1S/C28H37N5O4/c1-6-8-13-25(34)32(26(19(3)4)28(35)36)18-21-14-16-22(17-15-21)23-11-9-10-12-24(23)27-29-30-31-33(27)20(5)37-7-2/h9-12,14-17,19-20,26H,6-8,13,18H2,1-5H3,(H,35,36)/t20?,26-/m0/s1. The predicted molar refractivity (Wildman–Crippen MR) is 141 cm³/mol. The van der Waals surface area contributed by atoms with Gasteiger partial charge in [-0.25, -0.2) is 4.79 Å². The van der Waals surface area contributed by atoms with Gasteiger partial charge in [0, 0.05) is 25.1 Å². The second kappa shape index (κ2) is 13.1. The topological polar surface area (TPSA) is 110 Å². The number of rotatable bonds is 13. The lowest BCUT2D eigenvalue weighted by Gasteiger charge is -2.32. The van der Waals surface area contributed by atoms with Gasteiger partial charge in [-0.15, -0.1) is 5.10 Å². The van der Waals surface area contributed by atoms with Gasteiger partial charge in [0.25, 0.3) is 0 Å². The highest BCUT2D eigenvalue weighted by Crippen LogP contribution is 2.32. The molecule has 0 aliphatic carbocycles. The number of carboxylic acid groups (broad SMARTS) is 1. The third-order valence-electron chi connectivity index (χ3n) is 6.32. The minimum atomic E-state index is -0.982. The van der Waals surface area contributed by atoms with Crippen molar-refractivity contribution in [3.63, 3.8) is 0 Å². The van der Waals surface area contributed by atoms with Crippen LogP contribution in [0.25, 0.3) is 22.5 Å². The summed E-state index contributed by atoms with van der Waals surface area (Å²) in [7, 11) is 0. The van der Waals surface area contributed by atoms with Gasteiger partial charge in [0.2, 0.25) is 5.91 Å². The van der Waals surface area contributed by atoms with Crippen LogP contribution in [0.2, 0.25) is 0 Å². The molecule has 3 aromatic rings. The highest BCUT2D eigenvalue weighted by molar-refractivity contribution is 5.84. The summed E-state index contributed by atoms with van der Waals surface area (Å²) in [6.07, 6.45) is 1.63. The number of carbonyl (C=O) groups excluding carboxylic acids is 1. The second-order valence-electron chi connectivity index (χ2n) is 9.40. The number of unbranched alkanes of at least 4 members (excludes halogenated alkanes) is 1. The molecule has 0 aliphatic rings. The molecule has 0 aliphatic heterocycles. The SMILES string of the molecule is CCCCC(=O)N(Cc1ccc(-c2ccccc2-c2nnnn2C(C)OCC)cc1)[C@H](C(=O)O)C(C)C. The predicted octanol–water partition coefficient (Wildman–Crippen LogP) is 5.19. The minimum absolute atomic E-state index is 0.132. The van der Waals surface area contributed by atoms with Crippen molar-refractivity contribution in [3.8, 4) is 22.5 Å². The van der Waals surface area contributed by atoms with Crippen LogP contribution in [-0.2, 0) is 20.9 Å². The van der Waals surface area contributed by atoms with Gasteiger partial charge in [0.15, 0.2) is 12.1 Å². The number of aliphatic carboxylic acids is 1. The van der Waals surface area contributed by atoms with E-state index in [1.165, 1.54) is 4.90 Å². The molecule has 9 heteroatoms. The zero-order chi connectivity index (χ0) is 26.9. The van der Waals surface area contributed by atoms with Gasteiger partial charge < -0.3 is 14.7 Å². The molecule has 1 heterocycles. The van der Waals surface area contributed by atoms with Crippen molar-refractivity contribution in [2.24, 2.45) is 5.92 Å². The molecule has 0 radical (unpaired) electrons. The number of amides is 1. The first-order valence-electron chi connectivity index (χ1n) is 12.9. The molecular formula is C28H37N5O4. The van der Waals surface area contributed by atoms with Crippen LogP contribution in [0.1, 0.15) is 65.7 Å². The summed E-state index contributed by atoms with van der Waals surface area (Å²) in [4.78, 5) is 26.5. The Morgan fingerprint density at radius 3 is 2.30 bits per heavy atom. The van der Waals surface area contributed by atoms with Crippen molar-refractivity contribution in [1.82, 2.24) is 25.1 Å². The Hall–Kier alpha value is -3.59. The van der Waals surface area contributed by atoms with Crippen molar-refractivity contribution in [3.05, 3.63) is 54.1 Å². The molecule has 1 unspecified atom stereocenters. The molecule has 0 spiro atoms. The molecule has 9 nitrogen and oxygen atoms in total. The monoisotopic (exact) mass is 507 g/mol. The Bertz CT molecular complexity index is 1180. The van der Waals surface area contributed by atoms with Crippen LogP contribution < -0.4 is 0 Å². The van der Waals surface area contributed by atoms with Crippen molar-refractivity contribution >= 4 is 11.9 Å². The molecule has 1 amide bonds. The first-order valence-corrected chi connectivity index (χ1v) is 12.9. The molecule has 3 rings (SSSR count). The minimum Gasteiger partial charge on any atom is -0.480 e. The van der Waals surface area contributed by atoms with Crippen LogP contribution in [0.5, 0.6) is 0 Å². The van der Waals surface area contributed by atoms with E-state index in [1.54, 1.807) is 4.68 Å². The maximum Gasteiger partial charge on any atom is 0.326 e. The number of aromatic nitrogens is 4. The van der Waals surface area contributed by atoms with Crippen LogP contribution in [0, 0.1) is 5.92 Å². The summed E-state index contributed by atoms with van der Waals surface area (Å²) < 4.78 is 7.35. The summed E-state index contributed by atoms with van der Waals surface area (Å²) in [5, 5.41) is 22.1. The summed E-state index contributed by atoms with van der Waals surface area (Å²) in [5.41, 5.74) is 3.65. The average Bonchev–Trinajstić information content (AvgIpc) is 3.37. The number of nitrogens with zero attached hydrogens (tertiary/aromatic N) is 5. The molecule has 2 aromatic carbocycles. The number of benzene rings is 2. The highest BCUT2D eigenvalue weighted by Gasteiger charge is 2.32. The molecule has 0 saturated heterocycles. The van der Waals surface area contributed by atoms with Gasteiger partial charge in [-0.3, -0.25) is 4.79 Å². The van der Waals surface area contributed by atoms with Gasteiger partial charge in [-0.2, -0.15) is 4.68 Å². The van der Waals surface area contributed by atoms with E-state index in [0.717, 1.165) is 35.1 Å². The van der Waals surface area contributed by atoms with E-state index < -0.39 is 12.0 Å².